The third-order valence-corrected chi connectivity index (χ3v) is 6.35. The molecule has 10 heteroatoms. The summed E-state index contributed by atoms with van der Waals surface area (Å²) in [5.41, 5.74) is -1.49. The molecule has 1 fully saturated rings. The largest absolute Gasteiger partial charge is 0.480 e. The smallest absolute Gasteiger partial charge is 0.323 e. The second-order valence-electron chi connectivity index (χ2n) is 5.62. The van der Waals surface area contributed by atoms with Crippen LogP contribution in [0.3, 0.4) is 0 Å². The lowest BCUT2D eigenvalue weighted by molar-refractivity contribution is -0.159. The molecule has 132 valence electrons. The third kappa shape index (κ3) is 3.11. The van der Waals surface area contributed by atoms with Gasteiger partial charge in [-0.1, -0.05) is 23.2 Å². The normalized spacial score (nSPS) is 24.8. The summed E-state index contributed by atoms with van der Waals surface area (Å²) < 4.78 is 31.1. The van der Waals surface area contributed by atoms with E-state index in [-0.39, 0.29) is 27.9 Å². The van der Waals surface area contributed by atoms with Crippen LogP contribution in [0.4, 0.5) is 0 Å². The number of carbonyl (C=O) groups excluding carboxylic acids is 1. The number of ether oxygens (including phenoxy) is 1. The zero-order valence-electron chi connectivity index (χ0n) is 12.8. The maximum Gasteiger partial charge on any atom is 0.323 e. The molecule has 1 aromatic rings. The summed E-state index contributed by atoms with van der Waals surface area (Å²) in [6.45, 7) is 1.23. The van der Waals surface area contributed by atoms with E-state index >= 15 is 0 Å². The van der Waals surface area contributed by atoms with Crippen LogP contribution < -0.4 is 0 Å². The molecule has 24 heavy (non-hydrogen) atoms. The first-order valence-corrected chi connectivity index (χ1v) is 9.03. The first kappa shape index (κ1) is 19.0. The first-order valence-electron chi connectivity index (χ1n) is 6.83. The molecular weight excluding hydrogens is 381 g/mol. The van der Waals surface area contributed by atoms with E-state index in [0.29, 0.717) is 0 Å². The second-order valence-corrected chi connectivity index (χ2v) is 8.38. The number of aliphatic carboxylic acids is 1. The van der Waals surface area contributed by atoms with Crippen LogP contribution >= 0.6 is 23.2 Å². The number of sulfonamides is 1. The quantitative estimate of drug-likeness (QED) is 0.782. The highest BCUT2D eigenvalue weighted by Crippen LogP contribution is 2.41. The van der Waals surface area contributed by atoms with Crippen molar-refractivity contribution in [2.75, 3.05) is 13.7 Å². The molecule has 7 nitrogen and oxygen atoms in total. The first-order chi connectivity index (χ1) is 11.0. The van der Waals surface area contributed by atoms with Crippen molar-refractivity contribution in [3.8, 4) is 0 Å². The molecule has 1 saturated heterocycles. The fourth-order valence-electron chi connectivity index (χ4n) is 2.84. The van der Waals surface area contributed by atoms with Crippen LogP contribution in [0, 0.1) is 5.41 Å². The molecule has 1 aliphatic heterocycles. The van der Waals surface area contributed by atoms with Gasteiger partial charge in [0.1, 0.15) is 6.04 Å². The van der Waals surface area contributed by atoms with Crippen LogP contribution in [0.2, 0.25) is 10.0 Å². The highest BCUT2D eigenvalue weighted by molar-refractivity contribution is 7.89. The maximum absolute atomic E-state index is 12.8. The van der Waals surface area contributed by atoms with E-state index in [2.05, 4.69) is 4.74 Å². The maximum atomic E-state index is 12.8. The van der Waals surface area contributed by atoms with Gasteiger partial charge in [-0.25, -0.2) is 8.42 Å². The fourth-order valence-corrected chi connectivity index (χ4v) is 5.25. The van der Waals surface area contributed by atoms with E-state index in [4.69, 9.17) is 23.2 Å². The van der Waals surface area contributed by atoms with E-state index in [1.807, 2.05) is 0 Å². The van der Waals surface area contributed by atoms with E-state index in [1.54, 1.807) is 0 Å². The summed E-state index contributed by atoms with van der Waals surface area (Å²) in [5.74, 6) is -2.21. The molecule has 1 aromatic carbocycles. The number of hydrogen-bond donors (Lipinski definition) is 1. The van der Waals surface area contributed by atoms with Crippen molar-refractivity contribution in [1.29, 1.82) is 0 Å². The number of rotatable bonds is 4. The lowest BCUT2D eigenvalue weighted by Crippen LogP contribution is -2.50. The Morgan fingerprint density at radius 1 is 1.29 bits per heavy atom. The number of esters is 1. The van der Waals surface area contributed by atoms with Gasteiger partial charge in [0.05, 0.1) is 17.4 Å². The molecule has 0 saturated carbocycles. The number of methoxy groups -OCH3 is 1. The third-order valence-electron chi connectivity index (χ3n) is 4.07. The molecular formula is C14H15Cl2NO6S. The molecule has 0 spiro atoms. The van der Waals surface area contributed by atoms with Crippen LogP contribution in [0.5, 0.6) is 0 Å². The molecule has 0 aromatic heterocycles. The molecule has 2 rings (SSSR count). The topological polar surface area (TPSA) is 101 Å². The highest BCUT2D eigenvalue weighted by atomic mass is 35.5. The molecule has 0 bridgehead atoms. The zero-order valence-corrected chi connectivity index (χ0v) is 15.2. The standard InChI is InChI=1S/C14H15Cl2NO6S/c1-14(13(20)23-2)3-4-17(11(14)12(18)19)24(21,22)10-6-8(15)5-9(16)7-10/h5-7,11H,3-4H2,1-2H3,(H,18,19)/t11-,14?/m1/s1. The van der Waals surface area contributed by atoms with Gasteiger partial charge in [-0.3, -0.25) is 9.59 Å². The van der Waals surface area contributed by atoms with E-state index in [1.165, 1.54) is 25.1 Å². The molecule has 0 amide bonds. The number of halogens is 2. The molecule has 1 unspecified atom stereocenters. The minimum atomic E-state index is -4.21. The van der Waals surface area contributed by atoms with Crippen molar-refractivity contribution in [2.45, 2.75) is 24.3 Å². The lowest BCUT2D eigenvalue weighted by atomic mass is 9.82. The van der Waals surface area contributed by atoms with Crippen LogP contribution in [-0.4, -0.2) is 49.5 Å². The Morgan fingerprint density at radius 3 is 2.29 bits per heavy atom. The molecule has 1 aliphatic rings. The molecule has 0 aliphatic carbocycles. The van der Waals surface area contributed by atoms with Gasteiger partial charge in [-0.2, -0.15) is 4.31 Å². The number of carbonyl (C=O) groups is 2. The van der Waals surface area contributed by atoms with Gasteiger partial charge in [-0.05, 0) is 31.5 Å². The Kier molecular flexibility index (Phi) is 5.15. The van der Waals surface area contributed by atoms with Gasteiger partial charge in [0.2, 0.25) is 10.0 Å². The van der Waals surface area contributed by atoms with Crippen LogP contribution in [0.25, 0.3) is 0 Å². The molecule has 1 heterocycles. The predicted molar refractivity (Wildman–Crippen MR) is 86.5 cm³/mol. The minimum absolute atomic E-state index is 0.0180. The molecule has 0 radical (unpaired) electrons. The highest BCUT2D eigenvalue weighted by Gasteiger charge is 2.57. The summed E-state index contributed by atoms with van der Waals surface area (Å²) in [7, 11) is -3.09. The zero-order chi connectivity index (χ0) is 18.3. The molecule has 1 N–H and O–H groups in total. The van der Waals surface area contributed by atoms with E-state index < -0.39 is 33.4 Å². The van der Waals surface area contributed by atoms with Crippen molar-refractivity contribution in [3.05, 3.63) is 28.2 Å². The van der Waals surface area contributed by atoms with Gasteiger partial charge in [0.25, 0.3) is 0 Å². The van der Waals surface area contributed by atoms with Crippen molar-refractivity contribution in [2.24, 2.45) is 5.41 Å². The fraction of sp³-hybridized carbons (Fsp3) is 0.429. The molecule has 2 atom stereocenters. The Labute approximate surface area is 149 Å². The van der Waals surface area contributed by atoms with E-state index in [9.17, 15) is 23.1 Å². The van der Waals surface area contributed by atoms with Crippen LogP contribution in [0.15, 0.2) is 23.1 Å². The number of nitrogens with zero attached hydrogens (tertiary/aromatic N) is 1. The lowest BCUT2D eigenvalue weighted by Gasteiger charge is -2.29. The van der Waals surface area contributed by atoms with Crippen LogP contribution in [-0.2, 0) is 24.3 Å². The SMILES string of the molecule is COC(=O)C1(C)CCN(S(=O)(=O)c2cc(Cl)cc(Cl)c2)[C@@H]1C(=O)O. The average molecular weight is 396 g/mol. The number of carboxylic acids is 1. The van der Waals surface area contributed by atoms with E-state index in [0.717, 1.165) is 11.4 Å². The summed E-state index contributed by atoms with van der Waals surface area (Å²) in [6, 6.07) is 2.12. The van der Waals surface area contributed by atoms with Crippen LogP contribution in [0.1, 0.15) is 13.3 Å². The van der Waals surface area contributed by atoms with Crippen molar-refractivity contribution in [1.82, 2.24) is 4.31 Å². The van der Waals surface area contributed by atoms with Gasteiger partial charge >= 0.3 is 11.9 Å². The average Bonchev–Trinajstić information content (AvgIpc) is 2.85. The van der Waals surface area contributed by atoms with Gasteiger partial charge < -0.3 is 9.84 Å². The Morgan fingerprint density at radius 2 is 1.83 bits per heavy atom. The number of benzene rings is 1. The second kappa shape index (κ2) is 6.51. The summed E-state index contributed by atoms with van der Waals surface area (Å²) in [5, 5.41) is 9.72. The van der Waals surface area contributed by atoms with Crippen molar-refractivity contribution >= 4 is 45.2 Å². The Balaban J connectivity index is 2.54. The monoisotopic (exact) mass is 395 g/mol. The van der Waals surface area contributed by atoms with Crippen molar-refractivity contribution in [3.63, 3.8) is 0 Å². The predicted octanol–water partition coefficient (Wildman–Crippen LogP) is 2.02. The summed E-state index contributed by atoms with van der Waals surface area (Å²) >= 11 is 11.7. The number of carboxylic acid groups (broad SMARTS) is 1. The number of hydrogen-bond acceptors (Lipinski definition) is 5. The van der Waals surface area contributed by atoms with Crippen molar-refractivity contribution < 1.29 is 27.9 Å². The summed E-state index contributed by atoms with van der Waals surface area (Å²) in [6.07, 6.45) is 0.0180. The van der Waals surface area contributed by atoms with Gasteiger partial charge in [-0.15, -0.1) is 0 Å². The van der Waals surface area contributed by atoms with Gasteiger partial charge in [0.15, 0.2) is 0 Å². The Hall–Kier alpha value is -1.35. The minimum Gasteiger partial charge on any atom is -0.480 e. The summed E-state index contributed by atoms with van der Waals surface area (Å²) in [4.78, 5) is 23.5. The Bertz CT molecular complexity index is 776. The van der Waals surface area contributed by atoms with Gasteiger partial charge in [0, 0.05) is 16.6 Å².